The summed E-state index contributed by atoms with van der Waals surface area (Å²) in [5.41, 5.74) is 1.26. The molecule has 1 aliphatic heterocycles. The first-order valence-corrected chi connectivity index (χ1v) is 9.61. The maximum atomic E-state index is 12.7. The molecule has 130 valence electrons. The minimum Gasteiger partial charge on any atom is -0.815 e. The molecule has 0 fully saturated rings. The van der Waals surface area contributed by atoms with Crippen LogP contribution in [0.3, 0.4) is 0 Å². The Balaban J connectivity index is 0.00000243. The standard InChI is InChI=1S/C18H14ClO5S.Na/c1-18(21)16(12-5-9-14(10-6-12)25(2,22)23)15(17(20)24-18)11-3-7-13(19)8-4-11;/h3-10H,1-2H3;/q-1;+1. The number of hydrogen-bond donors (Lipinski definition) is 0. The van der Waals surface area contributed by atoms with Crippen LogP contribution in [0.1, 0.15) is 18.1 Å². The zero-order valence-electron chi connectivity index (χ0n) is 14.4. The topological polar surface area (TPSA) is 83.5 Å². The summed E-state index contributed by atoms with van der Waals surface area (Å²) in [7, 11) is -3.36. The van der Waals surface area contributed by atoms with Gasteiger partial charge in [0, 0.05) is 16.9 Å². The molecular weight excluding hydrogens is 387 g/mol. The molecule has 0 saturated carbocycles. The van der Waals surface area contributed by atoms with Crippen LogP contribution in [0.25, 0.3) is 11.1 Å². The third-order valence-electron chi connectivity index (χ3n) is 3.90. The summed E-state index contributed by atoms with van der Waals surface area (Å²) in [5.74, 6) is -2.79. The van der Waals surface area contributed by atoms with E-state index < -0.39 is 21.6 Å². The molecule has 1 unspecified atom stereocenters. The Morgan fingerprint density at radius 1 is 1.00 bits per heavy atom. The first-order valence-electron chi connectivity index (χ1n) is 7.34. The second-order valence-corrected chi connectivity index (χ2v) is 8.34. The van der Waals surface area contributed by atoms with Crippen LogP contribution in [0, 0.1) is 0 Å². The number of esters is 1. The number of benzene rings is 2. The first-order chi connectivity index (χ1) is 11.6. The van der Waals surface area contributed by atoms with Gasteiger partial charge in [-0.1, -0.05) is 35.9 Å². The van der Waals surface area contributed by atoms with E-state index in [1.54, 1.807) is 24.3 Å². The van der Waals surface area contributed by atoms with E-state index in [-0.39, 0.29) is 45.6 Å². The van der Waals surface area contributed by atoms with Gasteiger partial charge in [-0.05, 0) is 42.3 Å². The predicted molar refractivity (Wildman–Crippen MR) is 92.3 cm³/mol. The fraction of sp³-hybridized carbons (Fsp3) is 0.167. The molecule has 0 bridgehead atoms. The van der Waals surface area contributed by atoms with Gasteiger partial charge in [0.05, 0.1) is 16.3 Å². The molecule has 0 amide bonds. The van der Waals surface area contributed by atoms with Crippen molar-refractivity contribution in [1.82, 2.24) is 0 Å². The molecule has 8 heteroatoms. The molecule has 0 N–H and O–H groups in total. The van der Waals surface area contributed by atoms with Gasteiger partial charge in [0.25, 0.3) is 0 Å². The van der Waals surface area contributed by atoms with Crippen molar-refractivity contribution < 1.29 is 52.6 Å². The van der Waals surface area contributed by atoms with Crippen molar-refractivity contribution in [2.24, 2.45) is 0 Å². The van der Waals surface area contributed by atoms with E-state index >= 15 is 0 Å². The quantitative estimate of drug-likeness (QED) is 0.502. The Kier molecular flexibility index (Phi) is 6.07. The van der Waals surface area contributed by atoms with E-state index in [4.69, 9.17) is 16.3 Å². The Hall–Kier alpha value is -1.15. The molecule has 3 rings (SSSR count). The van der Waals surface area contributed by atoms with Crippen molar-refractivity contribution in [2.75, 3.05) is 6.26 Å². The van der Waals surface area contributed by atoms with Crippen molar-refractivity contribution >= 4 is 38.6 Å². The molecular formula is C18H14ClNaO5S. The molecule has 1 aliphatic rings. The average Bonchev–Trinajstić information content (AvgIpc) is 2.76. The van der Waals surface area contributed by atoms with E-state index in [1.165, 1.54) is 31.2 Å². The first kappa shape index (κ1) is 21.2. The number of ether oxygens (including phenoxy) is 1. The molecule has 0 spiro atoms. The van der Waals surface area contributed by atoms with Gasteiger partial charge in [0.15, 0.2) is 9.84 Å². The third kappa shape index (κ3) is 4.06. The maximum Gasteiger partial charge on any atom is 1.00 e. The molecule has 1 heterocycles. The van der Waals surface area contributed by atoms with Crippen LogP contribution < -0.4 is 34.7 Å². The second-order valence-electron chi connectivity index (χ2n) is 5.89. The summed E-state index contributed by atoms with van der Waals surface area (Å²) >= 11 is 5.87. The number of carbonyl (C=O) groups excluding carboxylic acids is 1. The number of hydrogen-bond acceptors (Lipinski definition) is 5. The average molecular weight is 401 g/mol. The van der Waals surface area contributed by atoms with Gasteiger partial charge in [0.1, 0.15) is 0 Å². The van der Waals surface area contributed by atoms with Gasteiger partial charge < -0.3 is 9.84 Å². The number of halogens is 1. The normalized spacial score (nSPS) is 19.9. The largest absolute Gasteiger partial charge is 1.00 e. The SMILES string of the molecule is CC1([O-])OC(=O)C(c2ccc(Cl)cc2)=C1c1ccc(S(C)(=O)=O)cc1.[Na+]. The maximum absolute atomic E-state index is 12.7. The van der Waals surface area contributed by atoms with E-state index in [2.05, 4.69) is 0 Å². The summed E-state index contributed by atoms with van der Waals surface area (Å²) < 4.78 is 28.2. The Morgan fingerprint density at radius 3 is 2.00 bits per heavy atom. The zero-order chi connectivity index (χ0) is 18.4. The molecule has 1 atom stereocenters. The second kappa shape index (κ2) is 7.46. The molecule has 26 heavy (non-hydrogen) atoms. The van der Waals surface area contributed by atoms with Crippen molar-refractivity contribution in [2.45, 2.75) is 17.6 Å². The molecule has 0 aromatic heterocycles. The molecule has 0 aliphatic carbocycles. The van der Waals surface area contributed by atoms with Crippen LogP contribution in [0.5, 0.6) is 0 Å². The van der Waals surface area contributed by atoms with E-state index in [0.717, 1.165) is 6.26 Å². The monoisotopic (exact) mass is 400 g/mol. The smallest absolute Gasteiger partial charge is 0.815 e. The van der Waals surface area contributed by atoms with Crippen LogP contribution in [0.4, 0.5) is 0 Å². The number of cyclic esters (lactones) is 1. The van der Waals surface area contributed by atoms with Gasteiger partial charge in [-0.15, -0.1) is 0 Å². The summed E-state index contributed by atoms with van der Waals surface area (Å²) in [4.78, 5) is 12.4. The molecule has 5 nitrogen and oxygen atoms in total. The van der Waals surface area contributed by atoms with Crippen molar-refractivity contribution in [1.29, 1.82) is 0 Å². The van der Waals surface area contributed by atoms with Crippen molar-refractivity contribution in [3.8, 4) is 0 Å². The molecule has 2 aromatic carbocycles. The van der Waals surface area contributed by atoms with Gasteiger partial charge in [-0.25, -0.2) is 13.2 Å². The van der Waals surface area contributed by atoms with Gasteiger partial charge in [-0.3, -0.25) is 0 Å². The summed E-state index contributed by atoms with van der Waals surface area (Å²) in [6, 6.07) is 12.3. The van der Waals surface area contributed by atoms with E-state index in [0.29, 0.717) is 16.1 Å². The van der Waals surface area contributed by atoms with Crippen molar-refractivity contribution in [3.05, 3.63) is 64.7 Å². The summed E-state index contributed by atoms with van der Waals surface area (Å²) in [6.45, 7) is 1.26. The van der Waals surface area contributed by atoms with Gasteiger partial charge in [-0.2, -0.15) is 0 Å². The van der Waals surface area contributed by atoms with Crippen LogP contribution in [0.15, 0.2) is 53.4 Å². The summed E-state index contributed by atoms with van der Waals surface area (Å²) in [6.07, 6.45) is 1.10. The number of carbonyl (C=O) groups is 1. The van der Waals surface area contributed by atoms with Crippen LogP contribution >= 0.6 is 11.6 Å². The Morgan fingerprint density at radius 2 is 1.50 bits per heavy atom. The fourth-order valence-electron chi connectivity index (χ4n) is 2.76. The van der Waals surface area contributed by atoms with Crippen LogP contribution in [0.2, 0.25) is 5.02 Å². The Labute approximate surface area is 178 Å². The molecule has 0 radical (unpaired) electrons. The third-order valence-corrected chi connectivity index (χ3v) is 5.28. The van der Waals surface area contributed by atoms with E-state index in [1.807, 2.05) is 0 Å². The van der Waals surface area contributed by atoms with E-state index in [9.17, 15) is 18.3 Å². The van der Waals surface area contributed by atoms with Crippen molar-refractivity contribution in [3.63, 3.8) is 0 Å². The summed E-state index contributed by atoms with van der Waals surface area (Å²) in [5, 5.41) is 13.2. The fourth-order valence-corrected chi connectivity index (χ4v) is 3.52. The van der Waals surface area contributed by atoms with Crippen LogP contribution in [-0.2, 0) is 19.4 Å². The molecule has 2 aromatic rings. The van der Waals surface area contributed by atoms with Gasteiger partial charge >= 0.3 is 35.5 Å². The minimum atomic E-state index is -3.36. The predicted octanol–water partition coefficient (Wildman–Crippen LogP) is -0.708. The number of rotatable bonds is 3. The van der Waals surface area contributed by atoms with Crippen LogP contribution in [-0.4, -0.2) is 26.4 Å². The zero-order valence-corrected chi connectivity index (χ0v) is 18.0. The minimum absolute atomic E-state index is 0. The number of sulfone groups is 1. The molecule has 0 saturated heterocycles. The Bertz CT molecular complexity index is 977. The van der Waals surface area contributed by atoms with Gasteiger partial charge in [0.2, 0.25) is 0 Å².